The summed E-state index contributed by atoms with van der Waals surface area (Å²) in [6.07, 6.45) is 1.51. The number of hydrogen-bond acceptors (Lipinski definition) is 8. The number of likely N-dealkylation sites (N-methyl/N-ethyl adjacent to an activating group) is 1. The van der Waals surface area contributed by atoms with Crippen LogP contribution in [0.3, 0.4) is 0 Å². The molecule has 3 aromatic carbocycles. The van der Waals surface area contributed by atoms with Crippen LogP contribution in [0.15, 0.2) is 53.3 Å². The zero-order chi connectivity index (χ0) is 32.2. The molecule has 0 saturated heterocycles. The van der Waals surface area contributed by atoms with E-state index in [1.54, 1.807) is 38.3 Å². The number of aryl methyl sites for hydroxylation is 1. The van der Waals surface area contributed by atoms with Gasteiger partial charge in [-0.3, -0.25) is 19.2 Å². The van der Waals surface area contributed by atoms with Gasteiger partial charge in [0.2, 0.25) is 28.9 Å². The van der Waals surface area contributed by atoms with E-state index in [9.17, 15) is 19.2 Å². The van der Waals surface area contributed by atoms with E-state index < -0.39 is 12.1 Å². The third-order valence-corrected chi connectivity index (χ3v) is 8.46. The maximum absolute atomic E-state index is 13.7. The lowest BCUT2D eigenvalue weighted by molar-refractivity contribution is -0.140. The largest absolute Gasteiger partial charge is 0.493 e. The lowest BCUT2D eigenvalue weighted by atomic mass is 9.93. The number of benzene rings is 2. The third kappa shape index (κ3) is 6.15. The Balaban J connectivity index is 1.53. The number of nitrogens with one attached hydrogen (secondary N) is 3. The van der Waals surface area contributed by atoms with Crippen LogP contribution >= 0.6 is 0 Å². The summed E-state index contributed by atoms with van der Waals surface area (Å²) in [6, 6.07) is 13.4. The zero-order valence-corrected chi connectivity index (χ0v) is 26.1. The van der Waals surface area contributed by atoms with E-state index in [1.807, 2.05) is 30.3 Å². The van der Waals surface area contributed by atoms with Crippen molar-refractivity contribution in [3.05, 3.63) is 81.0 Å². The van der Waals surface area contributed by atoms with Gasteiger partial charge < -0.3 is 35.1 Å². The predicted molar refractivity (Wildman–Crippen MR) is 170 cm³/mol. The molecule has 0 bridgehead atoms. The van der Waals surface area contributed by atoms with Gasteiger partial charge in [0.25, 0.3) is 0 Å². The highest BCUT2D eigenvalue weighted by Crippen LogP contribution is 2.50. The first kappa shape index (κ1) is 31.4. The Morgan fingerprint density at radius 2 is 1.67 bits per heavy atom. The number of rotatable bonds is 8. The van der Waals surface area contributed by atoms with E-state index in [-0.39, 0.29) is 41.9 Å². The molecular formula is C34H38N4O7. The van der Waals surface area contributed by atoms with Gasteiger partial charge in [0.15, 0.2) is 11.5 Å². The van der Waals surface area contributed by atoms with E-state index >= 15 is 0 Å². The molecule has 11 heteroatoms. The number of ether oxygens (including phenoxy) is 3. The summed E-state index contributed by atoms with van der Waals surface area (Å²) in [5.74, 6) is 0.579. The molecule has 45 heavy (non-hydrogen) atoms. The molecule has 0 spiro atoms. The summed E-state index contributed by atoms with van der Waals surface area (Å²) in [4.78, 5) is 53.7. The highest BCUT2D eigenvalue weighted by Gasteiger charge is 2.34. The molecule has 0 saturated carbocycles. The van der Waals surface area contributed by atoms with E-state index in [4.69, 9.17) is 14.2 Å². The Bertz CT molecular complexity index is 1710. The van der Waals surface area contributed by atoms with Gasteiger partial charge in [-0.2, -0.15) is 0 Å². The van der Waals surface area contributed by atoms with E-state index in [1.165, 1.54) is 20.1 Å². The normalized spacial score (nSPS) is 16.6. The maximum atomic E-state index is 13.7. The number of amides is 3. The van der Waals surface area contributed by atoms with Crippen LogP contribution in [-0.2, 0) is 33.8 Å². The Hall–Kier alpha value is -5.06. The van der Waals surface area contributed by atoms with Crippen molar-refractivity contribution in [3.8, 4) is 28.4 Å². The highest BCUT2D eigenvalue weighted by atomic mass is 16.5. The number of nitrogens with zero attached hydrogens (tertiary/aromatic N) is 1. The van der Waals surface area contributed by atoms with Crippen LogP contribution in [0.5, 0.6) is 17.2 Å². The van der Waals surface area contributed by atoms with Crippen LogP contribution in [-0.4, -0.2) is 63.6 Å². The quantitative estimate of drug-likeness (QED) is 0.353. The molecule has 11 nitrogen and oxygen atoms in total. The molecule has 1 aliphatic carbocycles. The second-order valence-corrected chi connectivity index (χ2v) is 11.1. The fourth-order valence-electron chi connectivity index (χ4n) is 6.31. The number of methoxy groups -OCH3 is 3. The number of anilines is 1. The molecule has 3 N–H and O–H groups in total. The molecule has 0 unspecified atom stereocenters. The smallest absolute Gasteiger partial charge is 0.242 e. The van der Waals surface area contributed by atoms with Gasteiger partial charge in [0, 0.05) is 32.5 Å². The van der Waals surface area contributed by atoms with Gasteiger partial charge in [-0.1, -0.05) is 30.3 Å². The summed E-state index contributed by atoms with van der Waals surface area (Å²) in [6.45, 7) is 1.53. The second kappa shape index (κ2) is 13.3. The summed E-state index contributed by atoms with van der Waals surface area (Å²) in [5, 5.41) is 8.67. The van der Waals surface area contributed by atoms with Crippen molar-refractivity contribution in [2.24, 2.45) is 0 Å². The molecule has 0 radical (unpaired) electrons. The Kier molecular flexibility index (Phi) is 9.26. The fraction of sp³-hybridized carbons (Fsp3) is 0.353. The maximum Gasteiger partial charge on any atom is 0.242 e. The minimum absolute atomic E-state index is 0.195. The van der Waals surface area contributed by atoms with Crippen molar-refractivity contribution >= 4 is 23.4 Å². The SMILES string of the molecule is CNC(=O)[C@H]1Cc2ccccc2CN1C(=O)CNc1ccc2c(cc1=O)[C@H](NC(C)=O)CCc1cc(OC)c(OC)c(OC)c1-2. The highest BCUT2D eigenvalue weighted by molar-refractivity contribution is 5.90. The summed E-state index contributed by atoms with van der Waals surface area (Å²) in [7, 11) is 6.17. The van der Waals surface area contributed by atoms with Crippen molar-refractivity contribution in [1.82, 2.24) is 15.5 Å². The number of hydrogen-bond donors (Lipinski definition) is 3. The standard InChI is InChI=1S/C34H38N4O7/c1-19(39)37-25-12-10-21-15-29(43-3)32(44-4)33(45-5)31(21)23-11-13-26(28(40)16-24(23)25)36-17-30(41)38-18-22-9-7-6-8-20(22)14-27(38)34(42)35-2/h6-9,11,13,15-16,25,27H,10,12,14,17-18H2,1-5H3,(H,35,42)(H,36,40)(H,37,39)/t25-,27-/m1/s1. The van der Waals surface area contributed by atoms with E-state index in [0.29, 0.717) is 47.6 Å². The monoisotopic (exact) mass is 614 g/mol. The van der Waals surface area contributed by atoms with Crippen molar-refractivity contribution < 1.29 is 28.6 Å². The number of carbonyl (C=O) groups excluding carboxylic acids is 3. The average Bonchev–Trinajstić information content (AvgIpc) is 3.29. The van der Waals surface area contributed by atoms with Crippen LogP contribution in [0, 0.1) is 0 Å². The van der Waals surface area contributed by atoms with Gasteiger partial charge in [-0.15, -0.1) is 0 Å². The molecule has 0 aromatic heterocycles. The minimum atomic E-state index is -0.664. The van der Waals surface area contributed by atoms with Crippen molar-refractivity contribution in [2.75, 3.05) is 40.2 Å². The second-order valence-electron chi connectivity index (χ2n) is 11.1. The molecule has 1 aliphatic heterocycles. The van der Waals surface area contributed by atoms with Gasteiger partial charge in [-0.25, -0.2) is 0 Å². The van der Waals surface area contributed by atoms with Crippen molar-refractivity contribution in [2.45, 2.75) is 44.8 Å². The lowest BCUT2D eigenvalue weighted by Crippen LogP contribution is -2.53. The third-order valence-electron chi connectivity index (χ3n) is 8.46. The molecule has 0 fully saturated rings. The van der Waals surface area contributed by atoms with E-state index in [0.717, 1.165) is 22.3 Å². The molecule has 1 heterocycles. The molecule has 5 rings (SSSR count). The van der Waals surface area contributed by atoms with Crippen LogP contribution in [0.25, 0.3) is 11.1 Å². The van der Waals surface area contributed by atoms with Gasteiger partial charge >= 0.3 is 0 Å². The first-order valence-corrected chi connectivity index (χ1v) is 14.8. The Morgan fingerprint density at radius 1 is 0.933 bits per heavy atom. The molecule has 2 aliphatic rings. The summed E-state index contributed by atoms with van der Waals surface area (Å²) < 4.78 is 17.1. The molecule has 236 valence electrons. The Labute approximate surface area is 261 Å². The van der Waals surface area contributed by atoms with Crippen LogP contribution in [0.4, 0.5) is 5.69 Å². The number of fused-ring (bicyclic) bond motifs is 4. The predicted octanol–water partition coefficient (Wildman–Crippen LogP) is 2.97. The minimum Gasteiger partial charge on any atom is -0.493 e. The summed E-state index contributed by atoms with van der Waals surface area (Å²) >= 11 is 0. The van der Waals surface area contributed by atoms with Gasteiger partial charge in [0.05, 0.1) is 39.6 Å². The lowest BCUT2D eigenvalue weighted by Gasteiger charge is -2.35. The molecule has 2 atom stereocenters. The van der Waals surface area contributed by atoms with E-state index in [2.05, 4.69) is 16.0 Å². The topological polar surface area (TPSA) is 135 Å². The van der Waals surface area contributed by atoms with Gasteiger partial charge in [0.1, 0.15) is 6.04 Å². The van der Waals surface area contributed by atoms with Crippen LogP contribution < -0.4 is 35.6 Å². The molecular weight excluding hydrogens is 576 g/mol. The van der Waals surface area contributed by atoms with Crippen LogP contribution in [0.1, 0.15) is 41.6 Å². The van der Waals surface area contributed by atoms with Crippen molar-refractivity contribution in [3.63, 3.8) is 0 Å². The fourth-order valence-corrected chi connectivity index (χ4v) is 6.31. The number of carbonyl (C=O) groups is 3. The first-order chi connectivity index (χ1) is 21.7. The summed E-state index contributed by atoms with van der Waals surface area (Å²) in [5.41, 5.74) is 4.80. The van der Waals surface area contributed by atoms with Gasteiger partial charge in [-0.05, 0) is 58.9 Å². The first-order valence-electron chi connectivity index (χ1n) is 14.8. The molecule has 3 amide bonds. The van der Waals surface area contributed by atoms with Crippen molar-refractivity contribution in [1.29, 1.82) is 0 Å². The van der Waals surface area contributed by atoms with Crippen LogP contribution in [0.2, 0.25) is 0 Å². The average molecular weight is 615 g/mol. The Morgan fingerprint density at radius 3 is 2.33 bits per heavy atom. The molecule has 3 aromatic rings. The zero-order valence-electron chi connectivity index (χ0n) is 26.1.